The molecule has 0 radical (unpaired) electrons. The summed E-state index contributed by atoms with van der Waals surface area (Å²) in [5.41, 5.74) is 7.80. The van der Waals surface area contributed by atoms with E-state index in [0.29, 0.717) is 22.4 Å². The summed E-state index contributed by atoms with van der Waals surface area (Å²) in [4.78, 5) is 4.99. The Morgan fingerprint density at radius 2 is 1.39 bits per heavy atom. The van der Waals surface area contributed by atoms with E-state index in [4.69, 9.17) is 28.2 Å². The molecule has 0 aliphatic rings. The van der Waals surface area contributed by atoms with Crippen LogP contribution in [0.1, 0.15) is 30.8 Å². The standard InChI is InChI=1S/C32H28Cl2N2/c1-22(2)18-23-8-12-25(13-9-23)26-14-10-24(11-15-26)19-32-35-31(29-17-16-27(33)20-30(29)34)21-36(32)28-6-4-3-5-7-28/h3-17,20-22H,18-19H2,1-2H3. The maximum absolute atomic E-state index is 6.51. The molecule has 0 atom stereocenters. The molecule has 5 rings (SSSR count). The third-order valence-electron chi connectivity index (χ3n) is 6.27. The summed E-state index contributed by atoms with van der Waals surface area (Å²) < 4.78 is 2.14. The van der Waals surface area contributed by atoms with Crippen molar-refractivity contribution < 1.29 is 0 Å². The van der Waals surface area contributed by atoms with E-state index in [1.54, 1.807) is 6.07 Å². The van der Waals surface area contributed by atoms with Crippen LogP contribution in [0.4, 0.5) is 0 Å². The fourth-order valence-corrected chi connectivity index (χ4v) is 4.99. The van der Waals surface area contributed by atoms with Crippen molar-refractivity contribution in [3.8, 4) is 28.1 Å². The van der Waals surface area contributed by atoms with Gasteiger partial charge in [0.05, 0.1) is 10.7 Å². The van der Waals surface area contributed by atoms with Gasteiger partial charge in [0.1, 0.15) is 5.82 Å². The SMILES string of the molecule is CC(C)Cc1ccc(-c2ccc(Cc3nc(-c4ccc(Cl)cc4Cl)cn3-c3ccccc3)cc2)cc1. The summed E-state index contributed by atoms with van der Waals surface area (Å²) in [5, 5.41) is 1.21. The van der Waals surface area contributed by atoms with Crippen molar-refractivity contribution in [2.45, 2.75) is 26.7 Å². The molecule has 0 aliphatic carbocycles. The number of hydrogen-bond acceptors (Lipinski definition) is 1. The van der Waals surface area contributed by atoms with E-state index < -0.39 is 0 Å². The fourth-order valence-electron chi connectivity index (χ4n) is 4.48. The Kier molecular flexibility index (Phi) is 7.27. The fraction of sp³-hybridized carbons (Fsp3) is 0.156. The van der Waals surface area contributed by atoms with Crippen LogP contribution in [-0.2, 0) is 12.8 Å². The second kappa shape index (κ2) is 10.7. The normalized spacial score (nSPS) is 11.2. The van der Waals surface area contributed by atoms with E-state index in [-0.39, 0.29) is 0 Å². The predicted octanol–water partition coefficient (Wildman–Crippen LogP) is 9.30. The Bertz CT molecular complexity index is 1450. The van der Waals surface area contributed by atoms with Gasteiger partial charge in [0.25, 0.3) is 0 Å². The van der Waals surface area contributed by atoms with Crippen molar-refractivity contribution in [1.82, 2.24) is 9.55 Å². The molecule has 0 aliphatic heterocycles. The first-order chi connectivity index (χ1) is 17.5. The lowest BCUT2D eigenvalue weighted by Crippen LogP contribution is -2.01. The van der Waals surface area contributed by atoms with Crippen LogP contribution in [0.15, 0.2) is 103 Å². The van der Waals surface area contributed by atoms with Crippen molar-refractivity contribution in [3.63, 3.8) is 0 Å². The van der Waals surface area contributed by atoms with Crippen molar-refractivity contribution in [1.29, 1.82) is 0 Å². The predicted molar refractivity (Wildman–Crippen MR) is 152 cm³/mol. The lowest BCUT2D eigenvalue weighted by Gasteiger charge is -2.09. The number of aromatic nitrogens is 2. The van der Waals surface area contributed by atoms with Gasteiger partial charge in [-0.3, -0.25) is 0 Å². The Hall–Kier alpha value is -3.33. The van der Waals surface area contributed by atoms with E-state index in [1.165, 1.54) is 22.3 Å². The zero-order valence-electron chi connectivity index (χ0n) is 20.5. The third-order valence-corrected chi connectivity index (χ3v) is 6.82. The highest BCUT2D eigenvalue weighted by atomic mass is 35.5. The monoisotopic (exact) mass is 510 g/mol. The maximum atomic E-state index is 6.51. The summed E-state index contributed by atoms with van der Waals surface area (Å²) in [5.74, 6) is 1.61. The molecule has 36 heavy (non-hydrogen) atoms. The number of benzene rings is 4. The van der Waals surface area contributed by atoms with Crippen molar-refractivity contribution in [3.05, 3.63) is 130 Å². The Morgan fingerprint density at radius 3 is 2.00 bits per heavy atom. The van der Waals surface area contributed by atoms with Crippen LogP contribution >= 0.6 is 23.2 Å². The molecule has 0 fully saturated rings. The second-order valence-electron chi connectivity index (χ2n) is 9.54. The van der Waals surface area contributed by atoms with E-state index in [0.717, 1.165) is 29.2 Å². The maximum Gasteiger partial charge on any atom is 0.118 e. The van der Waals surface area contributed by atoms with Crippen LogP contribution in [0.3, 0.4) is 0 Å². The molecule has 0 saturated carbocycles. The van der Waals surface area contributed by atoms with Crippen LogP contribution in [-0.4, -0.2) is 9.55 Å². The summed E-state index contributed by atoms with van der Waals surface area (Å²) in [6.45, 7) is 4.51. The first kappa shape index (κ1) is 24.4. The number of rotatable bonds is 7. The van der Waals surface area contributed by atoms with Gasteiger partial charge in [0.2, 0.25) is 0 Å². The average molecular weight is 511 g/mol. The van der Waals surface area contributed by atoms with Crippen LogP contribution < -0.4 is 0 Å². The van der Waals surface area contributed by atoms with Gasteiger partial charge in [-0.1, -0.05) is 104 Å². The smallest absolute Gasteiger partial charge is 0.118 e. The van der Waals surface area contributed by atoms with Crippen molar-refractivity contribution >= 4 is 23.2 Å². The van der Waals surface area contributed by atoms with Crippen molar-refractivity contribution in [2.24, 2.45) is 5.92 Å². The molecule has 2 nitrogen and oxygen atoms in total. The largest absolute Gasteiger partial charge is 0.303 e. The topological polar surface area (TPSA) is 17.8 Å². The van der Waals surface area contributed by atoms with Gasteiger partial charge in [-0.25, -0.2) is 4.98 Å². The molecule has 1 aromatic heterocycles. The Labute approximate surface area is 223 Å². The summed E-state index contributed by atoms with van der Waals surface area (Å²) in [6, 6.07) is 33.5. The van der Waals surface area contributed by atoms with Gasteiger partial charge in [-0.15, -0.1) is 0 Å². The molecule has 0 N–H and O–H groups in total. The zero-order chi connectivity index (χ0) is 25.1. The molecule has 4 aromatic carbocycles. The lowest BCUT2D eigenvalue weighted by molar-refractivity contribution is 0.647. The molecule has 0 bridgehead atoms. The third kappa shape index (κ3) is 5.56. The van der Waals surface area contributed by atoms with Gasteiger partial charge in [-0.05, 0) is 64.9 Å². The van der Waals surface area contributed by atoms with Crippen LogP contribution in [0.2, 0.25) is 10.0 Å². The van der Waals surface area contributed by atoms with Crippen LogP contribution in [0.5, 0.6) is 0 Å². The number of nitrogens with zero attached hydrogens (tertiary/aromatic N) is 2. The molecule has 1 heterocycles. The summed E-state index contributed by atoms with van der Waals surface area (Å²) in [7, 11) is 0. The zero-order valence-corrected chi connectivity index (χ0v) is 22.0. The van der Waals surface area contributed by atoms with Gasteiger partial charge >= 0.3 is 0 Å². The minimum Gasteiger partial charge on any atom is -0.303 e. The van der Waals surface area contributed by atoms with Crippen molar-refractivity contribution in [2.75, 3.05) is 0 Å². The van der Waals surface area contributed by atoms with Gasteiger partial charge < -0.3 is 4.57 Å². The highest BCUT2D eigenvalue weighted by molar-refractivity contribution is 6.36. The Balaban J connectivity index is 1.43. The molecule has 0 amide bonds. The molecule has 4 heteroatoms. The second-order valence-corrected chi connectivity index (χ2v) is 10.4. The first-order valence-corrected chi connectivity index (χ1v) is 13.0. The van der Waals surface area contributed by atoms with E-state index >= 15 is 0 Å². The molecule has 180 valence electrons. The van der Waals surface area contributed by atoms with E-state index in [2.05, 4.69) is 79.1 Å². The van der Waals surface area contributed by atoms with E-state index in [9.17, 15) is 0 Å². The van der Waals surface area contributed by atoms with Crippen LogP contribution in [0.25, 0.3) is 28.1 Å². The number of halogens is 2. The molecular weight excluding hydrogens is 483 g/mol. The highest BCUT2D eigenvalue weighted by Crippen LogP contribution is 2.31. The average Bonchev–Trinajstić information content (AvgIpc) is 3.28. The van der Waals surface area contributed by atoms with E-state index in [1.807, 2.05) is 36.5 Å². The van der Waals surface area contributed by atoms with Gasteiger partial charge in [0.15, 0.2) is 0 Å². The van der Waals surface area contributed by atoms with Crippen LogP contribution in [0, 0.1) is 5.92 Å². The highest BCUT2D eigenvalue weighted by Gasteiger charge is 2.14. The lowest BCUT2D eigenvalue weighted by atomic mass is 9.98. The van der Waals surface area contributed by atoms with Gasteiger partial charge in [-0.2, -0.15) is 0 Å². The number of hydrogen-bond donors (Lipinski definition) is 0. The quantitative estimate of drug-likeness (QED) is 0.213. The number of imidazole rings is 1. The molecule has 0 saturated heterocycles. The minimum absolute atomic E-state index is 0.593. The molecular formula is C32H28Cl2N2. The first-order valence-electron chi connectivity index (χ1n) is 12.2. The summed E-state index contributed by atoms with van der Waals surface area (Å²) >= 11 is 12.6. The number of para-hydroxylation sites is 1. The Morgan fingerprint density at radius 1 is 0.750 bits per heavy atom. The minimum atomic E-state index is 0.593. The van der Waals surface area contributed by atoms with Gasteiger partial charge in [0, 0.05) is 28.9 Å². The molecule has 0 unspecified atom stereocenters. The molecule has 0 spiro atoms. The summed E-state index contributed by atoms with van der Waals surface area (Å²) in [6.07, 6.45) is 3.86. The molecule has 5 aromatic rings.